The Bertz CT molecular complexity index is 889. The number of nitrogens with one attached hydrogen (secondary N) is 1. The van der Waals surface area contributed by atoms with Crippen molar-refractivity contribution in [2.45, 2.75) is 63.5 Å². The van der Waals surface area contributed by atoms with E-state index in [1.807, 2.05) is 88.4 Å². The number of ether oxygens (including phenoxy) is 1. The van der Waals surface area contributed by atoms with E-state index in [0.717, 1.165) is 11.1 Å². The maximum Gasteiger partial charge on any atom is 0.332 e. The minimum Gasteiger partial charge on any atom is -0.467 e. The molecule has 30 heavy (non-hydrogen) atoms. The highest BCUT2D eigenvalue weighted by Gasteiger charge is 2.54. The van der Waals surface area contributed by atoms with Gasteiger partial charge in [0.1, 0.15) is 11.1 Å². The van der Waals surface area contributed by atoms with Gasteiger partial charge in [-0.25, -0.2) is 4.79 Å². The lowest BCUT2D eigenvalue weighted by Crippen LogP contribution is -2.71. The van der Waals surface area contributed by atoms with Crippen molar-refractivity contribution >= 4 is 11.9 Å². The van der Waals surface area contributed by atoms with Gasteiger partial charge in [0, 0.05) is 10.8 Å². The Morgan fingerprint density at radius 1 is 0.767 bits per heavy atom. The maximum atomic E-state index is 13.6. The summed E-state index contributed by atoms with van der Waals surface area (Å²) in [5, 5.41) is 2.96. The van der Waals surface area contributed by atoms with Crippen LogP contribution in [0.5, 0.6) is 0 Å². The van der Waals surface area contributed by atoms with Crippen LogP contribution in [0, 0.1) is 0 Å². The van der Waals surface area contributed by atoms with Gasteiger partial charge in [-0.3, -0.25) is 4.79 Å². The molecule has 2 unspecified atom stereocenters. The Morgan fingerprint density at radius 2 is 1.17 bits per heavy atom. The van der Waals surface area contributed by atoms with Crippen LogP contribution in [0.25, 0.3) is 0 Å². The molecule has 3 N–H and O–H groups in total. The molecule has 0 bridgehead atoms. The van der Waals surface area contributed by atoms with Crippen LogP contribution in [-0.2, 0) is 25.2 Å². The van der Waals surface area contributed by atoms with Crippen molar-refractivity contribution in [1.82, 2.24) is 5.32 Å². The first-order valence-corrected chi connectivity index (χ1v) is 10.1. The zero-order valence-electron chi connectivity index (χ0n) is 19.1. The number of carbonyl (C=O) groups excluding carboxylic acids is 2. The van der Waals surface area contributed by atoms with E-state index in [9.17, 15) is 9.59 Å². The molecule has 0 aromatic heterocycles. The van der Waals surface area contributed by atoms with Crippen LogP contribution in [0.3, 0.4) is 0 Å². The summed E-state index contributed by atoms with van der Waals surface area (Å²) < 4.78 is 5.11. The van der Waals surface area contributed by atoms with E-state index in [1.54, 1.807) is 13.8 Å². The first-order chi connectivity index (χ1) is 13.8. The second-order valence-electron chi connectivity index (χ2n) is 9.26. The van der Waals surface area contributed by atoms with Gasteiger partial charge >= 0.3 is 5.97 Å². The van der Waals surface area contributed by atoms with E-state index in [2.05, 4.69) is 5.32 Å². The lowest BCUT2D eigenvalue weighted by atomic mass is 9.66. The molecule has 0 aliphatic carbocycles. The number of amides is 1. The highest BCUT2D eigenvalue weighted by Crippen LogP contribution is 2.38. The monoisotopic (exact) mass is 410 g/mol. The zero-order valence-corrected chi connectivity index (χ0v) is 19.1. The quantitative estimate of drug-likeness (QED) is 0.682. The lowest BCUT2D eigenvalue weighted by Gasteiger charge is -2.47. The Balaban J connectivity index is 2.48. The Kier molecular flexibility index (Phi) is 6.48. The molecule has 5 nitrogen and oxygen atoms in total. The molecular formula is C25H34N2O3. The van der Waals surface area contributed by atoms with Crippen LogP contribution in [0.4, 0.5) is 0 Å². The molecule has 0 aliphatic heterocycles. The van der Waals surface area contributed by atoms with Crippen LogP contribution in [-0.4, -0.2) is 30.1 Å². The SMILES string of the molecule is COC(=O)C(C)(NC(=O)C(C)(N)C(C)(C)c1ccccc1)C(C)(C)c1ccccc1. The van der Waals surface area contributed by atoms with E-state index >= 15 is 0 Å². The minimum absolute atomic E-state index is 0.423. The van der Waals surface area contributed by atoms with Crippen molar-refractivity contribution < 1.29 is 14.3 Å². The summed E-state index contributed by atoms with van der Waals surface area (Å²) in [5.41, 5.74) is 4.39. The number of hydrogen-bond acceptors (Lipinski definition) is 4. The fourth-order valence-electron chi connectivity index (χ4n) is 3.61. The fourth-order valence-corrected chi connectivity index (χ4v) is 3.61. The summed E-state index contributed by atoms with van der Waals surface area (Å²) in [7, 11) is 1.32. The third kappa shape index (κ3) is 3.86. The van der Waals surface area contributed by atoms with Gasteiger partial charge in [-0.1, -0.05) is 88.4 Å². The first-order valence-electron chi connectivity index (χ1n) is 10.1. The van der Waals surface area contributed by atoms with Gasteiger partial charge in [0.25, 0.3) is 0 Å². The molecule has 0 saturated carbocycles. The minimum atomic E-state index is -1.34. The van der Waals surface area contributed by atoms with Gasteiger partial charge in [0.05, 0.1) is 7.11 Å². The van der Waals surface area contributed by atoms with E-state index < -0.39 is 33.8 Å². The van der Waals surface area contributed by atoms with Gasteiger partial charge in [0.2, 0.25) is 5.91 Å². The number of benzene rings is 2. The average molecular weight is 411 g/mol. The fraction of sp³-hybridized carbons (Fsp3) is 0.440. The van der Waals surface area contributed by atoms with Gasteiger partial charge < -0.3 is 15.8 Å². The third-order valence-electron chi connectivity index (χ3n) is 6.97. The second-order valence-corrected chi connectivity index (χ2v) is 9.26. The summed E-state index contributed by atoms with van der Waals surface area (Å²) in [4.78, 5) is 26.5. The molecule has 162 valence electrons. The van der Waals surface area contributed by atoms with E-state index in [4.69, 9.17) is 10.5 Å². The Labute approximate surface area is 180 Å². The molecule has 0 spiro atoms. The molecule has 0 saturated heterocycles. The average Bonchev–Trinajstić information content (AvgIpc) is 2.73. The second kappa shape index (κ2) is 8.23. The van der Waals surface area contributed by atoms with Crippen molar-refractivity contribution in [1.29, 1.82) is 0 Å². The number of methoxy groups -OCH3 is 1. The zero-order chi connectivity index (χ0) is 22.8. The molecule has 1 amide bonds. The summed E-state index contributed by atoms with van der Waals surface area (Å²) in [6.07, 6.45) is 0. The number of hydrogen-bond donors (Lipinski definition) is 2. The van der Waals surface area contributed by atoms with Crippen molar-refractivity contribution in [3.8, 4) is 0 Å². The predicted molar refractivity (Wildman–Crippen MR) is 120 cm³/mol. The van der Waals surface area contributed by atoms with Crippen molar-refractivity contribution in [3.63, 3.8) is 0 Å². The normalized spacial score (nSPS) is 16.1. The predicted octanol–water partition coefficient (Wildman–Crippen LogP) is 3.71. The highest BCUT2D eigenvalue weighted by molar-refractivity contribution is 5.94. The first kappa shape index (κ1) is 23.6. The molecule has 2 aromatic rings. The van der Waals surface area contributed by atoms with Crippen LogP contribution < -0.4 is 11.1 Å². The molecule has 2 aromatic carbocycles. The van der Waals surface area contributed by atoms with Crippen LogP contribution in [0.1, 0.15) is 52.7 Å². The topological polar surface area (TPSA) is 81.4 Å². The van der Waals surface area contributed by atoms with Crippen LogP contribution in [0.2, 0.25) is 0 Å². The summed E-state index contributed by atoms with van der Waals surface area (Å²) in [6.45, 7) is 11.1. The summed E-state index contributed by atoms with van der Waals surface area (Å²) in [5.74, 6) is -0.953. The highest BCUT2D eigenvalue weighted by atomic mass is 16.5. The molecular weight excluding hydrogens is 376 g/mol. The lowest BCUT2D eigenvalue weighted by molar-refractivity contribution is -0.154. The van der Waals surface area contributed by atoms with Gasteiger partial charge in [-0.2, -0.15) is 0 Å². The molecule has 0 radical (unpaired) electrons. The number of rotatable bonds is 7. The number of esters is 1. The Hall–Kier alpha value is -2.66. The van der Waals surface area contributed by atoms with Crippen LogP contribution in [0.15, 0.2) is 60.7 Å². The molecule has 2 rings (SSSR count). The molecule has 0 heterocycles. The van der Waals surface area contributed by atoms with Crippen molar-refractivity contribution in [2.24, 2.45) is 5.73 Å². The van der Waals surface area contributed by atoms with Crippen LogP contribution >= 0.6 is 0 Å². The molecule has 0 fully saturated rings. The summed E-state index contributed by atoms with van der Waals surface area (Å²) >= 11 is 0. The number of nitrogens with two attached hydrogens (primary N) is 1. The molecule has 0 aliphatic rings. The van der Waals surface area contributed by atoms with Gasteiger partial charge in [0.15, 0.2) is 0 Å². The Morgan fingerprint density at radius 3 is 1.57 bits per heavy atom. The van der Waals surface area contributed by atoms with Gasteiger partial charge in [-0.15, -0.1) is 0 Å². The number of carbonyl (C=O) groups is 2. The van der Waals surface area contributed by atoms with E-state index in [0.29, 0.717) is 0 Å². The van der Waals surface area contributed by atoms with E-state index in [1.165, 1.54) is 7.11 Å². The molecule has 5 heteroatoms. The standard InChI is InChI=1S/C25H34N2O3/c1-22(2,18-14-10-8-11-15-18)24(5,26)20(28)27-25(6,21(29)30-7)23(3,4)19-16-12-9-13-17-19/h8-17H,26H2,1-7H3,(H,27,28). The molecule has 2 atom stereocenters. The van der Waals surface area contributed by atoms with Crippen molar-refractivity contribution in [2.75, 3.05) is 7.11 Å². The summed E-state index contributed by atoms with van der Waals surface area (Å²) in [6, 6.07) is 19.2. The maximum absolute atomic E-state index is 13.6. The smallest absolute Gasteiger partial charge is 0.332 e. The third-order valence-corrected chi connectivity index (χ3v) is 6.97. The van der Waals surface area contributed by atoms with E-state index in [-0.39, 0.29) is 0 Å². The van der Waals surface area contributed by atoms with Crippen molar-refractivity contribution in [3.05, 3.63) is 71.8 Å². The van der Waals surface area contributed by atoms with Gasteiger partial charge in [-0.05, 0) is 25.0 Å². The largest absolute Gasteiger partial charge is 0.467 e.